The minimum Gasteiger partial charge on any atom is -0.462 e. The Balaban J connectivity index is 1.91. The number of rotatable bonds is 8. The van der Waals surface area contributed by atoms with E-state index in [1.165, 1.54) is 0 Å². The lowest BCUT2D eigenvalue weighted by atomic mass is 9.83. The molecule has 1 atom stereocenters. The molecule has 0 radical (unpaired) electrons. The van der Waals surface area contributed by atoms with Crippen molar-refractivity contribution in [3.8, 4) is 5.75 Å². The molecular weight excluding hydrogens is 442 g/mol. The van der Waals surface area contributed by atoms with Crippen LogP contribution in [-0.2, 0) is 4.74 Å². The highest BCUT2D eigenvalue weighted by atomic mass is 16.5. The highest BCUT2D eigenvalue weighted by molar-refractivity contribution is 6.01. The quantitative estimate of drug-likeness (QED) is 0.173. The number of nitrogens with zero attached hydrogens (tertiary/aromatic N) is 3. The second kappa shape index (κ2) is 10.5. The summed E-state index contributed by atoms with van der Waals surface area (Å²) in [4.78, 5) is 15.7. The van der Waals surface area contributed by atoms with E-state index in [2.05, 4.69) is 45.8 Å². The molecule has 8 heteroatoms. The van der Waals surface area contributed by atoms with E-state index in [1.807, 2.05) is 38.2 Å². The van der Waals surface area contributed by atoms with Gasteiger partial charge in [0.2, 0.25) is 0 Å². The van der Waals surface area contributed by atoms with Crippen LogP contribution in [0.25, 0.3) is 16.0 Å². The van der Waals surface area contributed by atoms with E-state index in [1.54, 1.807) is 13.0 Å². The molecule has 8 nitrogen and oxygen atoms in total. The Morgan fingerprint density at radius 1 is 1.23 bits per heavy atom. The zero-order valence-corrected chi connectivity index (χ0v) is 20.4. The molecule has 1 aliphatic carbocycles. The van der Waals surface area contributed by atoms with Crippen molar-refractivity contribution in [1.29, 1.82) is 0 Å². The number of esters is 1. The van der Waals surface area contributed by atoms with Crippen molar-refractivity contribution in [2.24, 2.45) is 5.11 Å². The van der Waals surface area contributed by atoms with Crippen molar-refractivity contribution in [2.45, 2.75) is 26.8 Å². The van der Waals surface area contributed by atoms with Crippen LogP contribution >= 0.6 is 0 Å². The Morgan fingerprint density at radius 2 is 2.03 bits per heavy atom. The molecule has 2 aliphatic rings. The summed E-state index contributed by atoms with van der Waals surface area (Å²) in [5, 5.41) is 10.2. The number of ether oxygens (including phenoxy) is 2. The van der Waals surface area contributed by atoms with Gasteiger partial charge in [0.15, 0.2) is 0 Å². The standard InChI is InChI=1S/C27H29N5O3/c1-5-34-27(33)19-9-7-6-8-18(19)26-20-12-16(2)22(29-4)14-24(20)35-25-15-23(17(3)13-21(25)26)30-10-11-31-32-28/h6-9,12-15,22,29-30H,5,10-11H2,1-4H3. The summed E-state index contributed by atoms with van der Waals surface area (Å²) in [5.41, 5.74) is 15.7. The number of hydrogen-bond donors (Lipinski definition) is 2. The molecule has 2 N–H and O–H groups in total. The molecule has 0 amide bonds. The number of likely N-dealkylation sites (N-methyl/N-ethyl adjacent to an activating group) is 1. The molecule has 0 spiro atoms. The monoisotopic (exact) mass is 471 g/mol. The summed E-state index contributed by atoms with van der Waals surface area (Å²) in [6.07, 6.45) is 4.19. The van der Waals surface area contributed by atoms with Gasteiger partial charge in [0.25, 0.3) is 0 Å². The molecule has 0 bridgehead atoms. The molecule has 1 aliphatic heterocycles. The summed E-state index contributed by atoms with van der Waals surface area (Å²) in [5.74, 6) is 1.07. The first-order valence-electron chi connectivity index (χ1n) is 11.6. The van der Waals surface area contributed by atoms with Crippen LogP contribution in [0.1, 0.15) is 40.9 Å². The lowest BCUT2D eigenvalue weighted by Crippen LogP contribution is -2.29. The van der Waals surface area contributed by atoms with Crippen LogP contribution in [0.4, 0.5) is 5.69 Å². The maximum atomic E-state index is 12.9. The van der Waals surface area contributed by atoms with Gasteiger partial charge in [-0.2, -0.15) is 0 Å². The van der Waals surface area contributed by atoms with Crippen LogP contribution in [0.3, 0.4) is 0 Å². The van der Waals surface area contributed by atoms with Crippen molar-refractivity contribution < 1.29 is 14.3 Å². The number of carbonyl (C=O) groups is 1. The number of aryl methyl sites for hydroxylation is 1. The van der Waals surface area contributed by atoms with Crippen molar-refractivity contribution in [2.75, 3.05) is 32.1 Å². The lowest BCUT2D eigenvalue weighted by molar-refractivity contribution is 0.0526. The van der Waals surface area contributed by atoms with Crippen molar-refractivity contribution in [3.63, 3.8) is 0 Å². The van der Waals surface area contributed by atoms with Gasteiger partial charge in [-0.25, -0.2) is 4.79 Å². The lowest BCUT2D eigenvalue weighted by Gasteiger charge is -2.31. The van der Waals surface area contributed by atoms with E-state index in [0.717, 1.165) is 44.9 Å². The second-order valence-electron chi connectivity index (χ2n) is 8.39. The van der Waals surface area contributed by atoms with Gasteiger partial charge in [-0.15, -0.1) is 0 Å². The Morgan fingerprint density at radius 3 is 2.77 bits per heavy atom. The minimum absolute atomic E-state index is 0.0451. The number of hydrogen-bond acceptors (Lipinski definition) is 6. The number of fused-ring (bicyclic) bond motifs is 2. The zero-order chi connectivity index (χ0) is 24.9. The Bertz CT molecular complexity index is 1300. The molecule has 180 valence electrons. The largest absolute Gasteiger partial charge is 0.462 e. The fourth-order valence-corrected chi connectivity index (χ4v) is 4.44. The molecule has 0 aromatic heterocycles. The Labute approximate surface area is 205 Å². The highest BCUT2D eigenvalue weighted by Crippen LogP contribution is 2.46. The molecule has 0 fully saturated rings. The van der Waals surface area contributed by atoms with Gasteiger partial charge in [0.05, 0.1) is 18.2 Å². The number of allylic oxidation sites excluding steroid dienone is 1. The number of anilines is 1. The van der Waals surface area contributed by atoms with E-state index in [4.69, 9.17) is 15.0 Å². The molecule has 1 unspecified atom stereocenters. The van der Waals surface area contributed by atoms with Crippen LogP contribution in [0.2, 0.25) is 0 Å². The van der Waals surface area contributed by atoms with E-state index in [-0.39, 0.29) is 12.0 Å². The third kappa shape index (κ3) is 4.80. The average Bonchev–Trinajstić information content (AvgIpc) is 2.85. The van der Waals surface area contributed by atoms with E-state index in [0.29, 0.717) is 31.0 Å². The normalized spacial score (nSPS) is 16.2. The van der Waals surface area contributed by atoms with Crippen LogP contribution in [0.15, 0.2) is 70.6 Å². The molecule has 4 rings (SSSR count). The van der Waals surface area contributed by atoms with Gasteiger partial charge < -0.3 is 20.1 Å². The van der Waals surface area contributed by atoms with Gasteiger partial charge in [0.1, 0.15) is 11.5 Å². The second-order valence-corrected chi connectivity index (χ2v) is 8.39. The Kier molecular flexibility index (Phi) is 7.25. The Hall–Kier alpha value is -4.00. The fourth-order valence-electron chi connectivity index (χ4n) is 4.44. The number of azide groups is 1. The first-order valence-corrected chi connectivity index (χ1v) is 11.6. The fraction of sp³-hybridized carbons (Fsp3) is 0.296. The summed E-state index contributed by atoms with van der Waals surface area (Å²) in [6, 6.07) is 11.6. The number of carbonyl (C=O) groups excluding carboxylic acids is 1. The summed E-state index contributed by atoms with van der Waals surface area (Å²) in [6.45, 7) is 7.05. The van der Waals surface area contributed by atoms with Gasteiger partial charge >= 0.3 is 5.97 Å². The van der Waals surface area contributed by atoms with Gasteiger partial charge in [-0.05, 0) is 68.8 Å². The van der Waals surface area contributed by atoms with Gasteiger partial charge in [-0.1, -0.05) is 28.9 Å². The van der Waals surface area contributed by atoms with Gasteiger partial charge in [-0.3, -0.25) is 0 Å². The predicted octanol–water partition coefficient (Wildman–Crippen LogP) is 5.52. The third-order valence-corrected chi connectivity index (χ3v) is 6.12. The molecule has 35 heavy (non-hydrogen) atoms. The highest BCUT2D eigenvalue weighted by Gasteiger charge is 2.31. The zero-order valence-electron chi connectivity index (χ0n) is 20.4. The molecule has 1 heterocycles. The topological polar surface area (TPSA) is 108 Å². The van der Waals surface area contributed by atoms with Crippen molar-refractivity contribution in [1.82, 2.24) is 5.32 Å². The maximum Gasteiger partial charge on any atom is 0.338 e. The van der Waals surface area contributed by atoms with E-state index < -0.39 is 0 Å². The maximum absolute atomic E-state index is 12.9. The third-order valence-electron chi connectivity index (χ3n) is 6.12. The SMILES string of the molecule is CCOC(=O)c1ccccc1C1=C2C=C(C)C(NC)C=C2Oc2cc(NCCN=[N+]=[N-])c(C)cc21. The molecule has 0 saturated carbocycles. The molecule has 0 saturated heterocycles. The first kappa shape index (κ1) is 24.1. The van der Waals surface area contributed by atoms with Crippen molar-refractivity contribution in [3.05, 3.63) is 98.2 Å². The smallest absolute Gasteiger partial charge is 0.338 e. The molecular formula is C27H29N5O3. The minimum atomic E-state index is -0.354. The van der Waals surface area contributed by atoms with Crippen molar-refractivity contribution >= 4 is 17.2 Å². The first-order chi connectivity index (χ1) is 17.0. The van der Waals surface area contributed by atoms with Gasteiger partial charge in [0, 0.05) is 46.5 Å². The number of nitrogens with one attached hydrogen (secondary N) is 2. The van der Waals surface area contributed by atoms with E-state index >= 15 is 0 Å². The summed E-state index contributed by atoms with van der Waals surface area (Å²) < 4.78 is 11.8. The summed E-state index contributed by atoms with van der Waals surface area (Å²) in [7, 11) is 1.91. The van der Waals surface area contributed by atoms with Crippen LogP contribution < -0.4 is 15.4 Å². The molecule has 2 aromatic rings. The van der Waals surface area contributed by atoms with Crippen LogP contribution in [-0.4, -0.2) is 38.8 Å². The van der Waals surface area contributed by atoms with Crippen LogP contribution in [0.5, 0.6) is 5.75 Å². The number of benzene rings is 2. The predicted molar refractivity (Wildman–Crippen MR) is 137 cm³/mol. The molecule has 2 aromatic carbocycles. The van der Waals surface area contributed by atoms with Crippen LogP contribution in [0, 0.1) is 6.92 Å². The summed E-state index contributed by atoms with van der Waals surface area (Å²) >= 11 is 0. The van der Waals surface area contributed by atoms with E-state index in [9.17, 15) is 4.79 Å². The average molecular weight is 472 g/mol.